The van der Waals surface area contributed by atoms with Crippen molar-refractivity contribution >= 4 is 17.9 Å². The molecule has 1 saturated carbocycles. The van der Waals surface area contributed by atoms with Gasteiger partial charge in [0.1, 0.15) is 36.4 Å². The van der Waals surface area contributed by atoms with Gasteiger partial charge in [-0.25, -0.2) is 9.59 Å². The summed E-state index contributed by atoms with van der Waals surface area (Å²) in [4.78, 5) is 39.3. The number of hydrogen-bond donors (Lipinski definition) is 2. The quantitative estimate of drug-likeness (QED) is 0.257. The summed E-state index contributed by atoms with van der Waals surface area (Å²) in [6, 6.07) is 0. The van der Waals surface area contributed by atoms with Gasteiger partial charge in [0, 0.05) is 42.3 Å². The second-order valence-electron chi connectivity index (χ2n) is 12.8. The number of nitrogens with one attached hydrogen (secondary N) is 1. The Hall–Kier alpha value is -3.68. The minimum atomic E-state index is -1.00. The van der Waals surface area contributed by atoms with Crippen molar-refractivity contribution in [3.8, 4) is 0 Å². The van der Waals surface area contributed by atoms with Gasteiger partial charge in [0.2, 0.25) is 0 Å². The number of hydrogen-bond acceptors (Lipinski definition) is 12. The highest BCUT2D eigenvalue weighted by Crippen LogP contribution is 2.61. The second-order valence-corrected chi connectivity index (χ2v) is 12.8. The van der Waals surface area contributed by atoms with E-state index in [1.54, 1.807) is 13.0 Å². The average molecular weight is 625 g/mol. The Bertz CT molecular complexity index is 1440. The van der Waals surface area contributed by atoms with E-state index in [4.69, 9.17) is 23.7 Å². The van der Waals surface area contributed by atoms with Crippen LogP contribution < -0.4 is 0 Å². The van der Waals surface area contributed by atoms with Crippen LogP contribution in [0.1, 0.15) is 46.4 Å². The minimum Gasteiger partial charge on any atom is -0.458 e. The van der Waals surface area contributed by atoms with E-state index in [2.05, 4.69) is 20.6 Å². The Morgan fingerprint density at radius 1 is 1.27 bits per heavy atom. The van der Waals surface area contributed by atoms with Crippen LogP contribution >= 0.6 is 0 Å². The molecule has 1 aromatic rings. The number of aliphatic hydroxyl groups excluding tert-OH is 1. The molecule has 242 valence electrons. The summed E-state index contributed by atoms with van der Waals surface area (Å²) in [7, 11) is 1.45. The topological polar surface area (TPSA) is 172 Å². The molecule has 6 rings (SSSR count). The van der Waals surface area contributed by atoms with Gasteiger partial charge in [0.05, 0.1) is 6.10 Å². The number of ether oxygens (including phenoxy) is 5. The Morgan fingerprint density at radius 2 is 2.07 bits per heavy atom. The molecule has 12 atom stereocenters. The smallest absolute Gasteiger partial charge is 0.335 e. The fraction of sp³-hybridized carbons (Fsp3) is 0.625. The van der Waals surface area contributed by atoms with E-state index in [0.29, 0.717) is 12.0 Å². The lowest BCUT2D eigenvalue weighted by Gasteiger charge is -2.49. The van der Waals surface area contributed by atoms with Gasteiger partial charge in [-0.3, -0.25) is 4.79 Å². The molecule has 2 fully saturated rings. The van der Waals surface area contributed by atoms with Gasteiger partial charge in [-0.2, -0.15) is 5.21 Å². The predicted molar refractivity (Wildman–Crippen MR) is 156 cm³/mol. The SMILES string of the molecule is CO[C@H]1C[C@H]2C=CC3C4[C@H](O)[C@@H](C)[C@@H](OC(=O)C5=CC=CC5)[C@@H]3O[C@]42/C(C)=C/[C@@H](C)[C@@H]([C@@H](C)OC(=O)Cc2nn[nH]n2)OC1=O. The molecule has 45 heavy (non-hydrogen) atoms. The van der Waals surface area contributed by atoms with Gasteiger partial charge >= 0.3 is 17.9 Å². The van der Waals surface area contributed by atoms with Crippen LogP contribution in [0.3, 0.4) is 0 Å². The molecule has 0 aromatic carbocycles. The zero-order valence-corrected chi connectivity index (χ0v) is 26.0. The molecular formula is C32H40N4O9. The van der Waals surface area contributed by atoms with Crippen molar-refractivity contribution in [1.29, 1.82) is 0 Å². The molecular weight excluding hydrogens is 584 g/mol. The van der Waals surface area contributed by atoms with Crippen LogP contribution in [-0.4, -0.2) is 93.0 Å². The van der Waals surface area contributed by atoms with Crippen molar-refractivity contribution in [3.05, 3.63) is 53.4 Å². The molecule has 4 bridgehead atoms. The number of tetrazole rings is 1. The van der Waals surface area contributed by atoms with Gasteiger partial charge in [0.25, 0.3) is 0 Å². The average Bonchev–Trinajstić information content (AvgIpc) is 3.76. The number of nitrogens with zero attached hydrogens (tertiary/aromatic N) is 3. The van der Waals surface area contributed by atoms with Crippen molar-refractivity contribution in [2.24, 2.45) is 29.6 Å². The van der Waals surface area contributed by atoms with E-state index in [0.717, 1.165) is 5.57 Å². The highest BCUT2D eigenvalue weighted by Gasteiger charge is 2.69. The summed E-state index contributed by atoms with van der Waals surface area (Å²) < 4.78 is 30.4. The standard InChI is InChI=1S/C32H40N4O9/c1-15-12-16(2)32-20(13-22(41-5)31(40)43-27(15)18(4)42-24(37)14-23-33-35-36-34-23)10-11-21-25(32)26(38)17(3)28(29(21)45-32)44-30(39)19-8-6-7-9-19/h6-8,10-12,15,17-18,20-22,25-29,38H,9,13-14H2,1-5H3,(H,33,34,35,36)/b16-12+/t15-,17-,18-,20-,21?,22+,25?,26-,27+,28-,29-,32+/m1/s1. The van der Waals surface area contributed by atoms with E-state index < -0.39 is 72.0 Å². The van der Waals surface area contributed by atoms with Crippen LogP contribution in [0.15, 0.2) is 47.6 Å². The van der Waals surface area contributed by atoms with Gasteiger partial charge in [-0.15, -0.1) is 10.2 Å². The molecule has 2 N–H and O–H groups in total. The number of carbonyl (C=O) groups is 3. The summed E-state index contributed by atoms with van der Waals surface area (Å²) in [5, 5.41) is 25.2. The summed E-state index contributed by atoms with van der Waals surface area (Å²) in [6.45, 7) is 7.40. The van der Waals surface area contributed by atoms with E-state index in [-0.39, 0.29) is 36.4 Å². The first-order chi connectivity index (χ1) is 21.5. The summed E-state index contributed by atoms with van der Waals surface area (Å²) in [5.41, 5.74) is 0.416. The zero-order chi connectivity index (χ0) is 32.0. The monoisotopic (exact) mass is 624 g/mol. The Morgan fingerprint density at radius 3 is 2.76 bits per heavy atom. The molecule has 2 unspecified atom stereocenters. The number of methoxy groups -OCH3 is 1. The molecule has 2 aliphatic heterocycles. The maximum Gasteiger partial charge on any atom is 0.335 e. The van der Waals surface area contributed by atoms with Crippen LogP contribution in [0, 0.1) is 29.6 Å². The molecule has 13 nitrogen and oxygen atoms in total. The van der Waals surface area contributed by atoms with Crippen molar-refractivity contribution in [1.82, 2.24) is 20.6 Å². The van der Waals surface area contributed by atoms with Crippen LogP contribution in [0.4, 0.5) is 0 Å². The minimum absolute atomic E-state index is 0.182. The van der Waals surface area contributed by atoms with Crippen molar-refractivity contribution in [2.45, 2.75) is 89.2 Å². The number of aromatic nitrogens is 4. The third-order valence-corrected chi connectivity index (χ3v) is 10.1. The summed E-state index contributed by atoms with van der Waals surface area (Å²) >= 11 is 0. The normalized spacial score (nSPS) is 40.4. The molecule has 5 aliphatic rings. The van der Waals surface area contributed by atoms with Crippen molar-refractivity contribution in [3.63, 3.8) is 0 Å². The molecule has 1 spiro atoms. The highest BCUT2D eigenvalue weighted by molar-refractivity contribution is 5.90. The first-order valence-corrected chi connectivity index (χ1v) is 15.5. The van der Waals surface area contributed by atoms with E-state index in [1.807, 2.05) is 51.2 Å². The number of allylic oxidation sites excluding steroid dienone is 3. The maximum atomic E-state index is 13.5. The molecule has 3 heterocycles. The Balaban J connectivity index is 1.32. The number of cyclic esters (lactones) is 1. The van der Waals surface area contributed by atoms with Crippen LogP contribution in [0.5, 0.6) is 0 Å². The van der Waals surface area contributed by atoms with Crippen LogP contribution in [-0.2, 0) is 44.5 Å². The van der Waals surface area contributed by atoms with Crippen LogP contribution in [0.2, 0.25) is 0 Å². The highest BCUT2D eigenvalue weighted by atomic mass is 16.6. The lowest BCUT2D eigenvalue weighted by Crippen LogP contribution is -2.57. The lowest BCUT2D eigenvalue weighted by molar-refractivity contribution is -0.179. The lowest BCUT2D eigenvalue weighted by atomic mass is 9.57. The van der Waals surface area contributed by atoms with E-state index in [1.165, 1.54) is 7.11 Å². The molecule has 3 aliphatic carbocycles. The predicted octanol–water partition coefficient (Wildman–Crippen LogP) is 1.95. The zero-order valence-electron chi connectivity index (χ0n) is 26.0. The third-order valence-electron chi connectivity index (χ3n) is 10.1. The number of H-pyrrole nitrogens is 1. The summed E-state index contributed by atoms with van der Waals surface area (Å²) in [5.74, 6) is -3.14. The number of esters is 3. The molecule has 0 amide bonds. The number of rotatable bonds is 7. The molecule has 1 aromatic heterocycles. The number of aliphatic hydroxyl groups is 1. The van der Waals surface area contributed by atoms with Crippen molar-refractivity contribution < 1.29 is 43.2 Å². The van der Waals surface area contributed by atoms with Gasteiger partial charge in [-0.05, 0) is 32.3 Å². The first kappa shape index (κ1) is 31.3. The number of aromatic amines is 1. The largest absolute Gasteiger partial charge is 0.458 e. The number of carbonyl (C=O) groups excluding carboxylic acids is 3. The first-order valence-electron chi connectivity index (χ1n) is 15.5. The maximum absolute atomic E-state index is 13.5. The van der Waals surface area contributed by atoms with Crippen LogP contribution in [0.25, 0.3) is 0 Å². The molecule has 13 heteroatoms. The molecule has 0 radical (unpaired) electrons. The fourth-order valence-corrected chi connectivity index (χ4v) is 7.99. The Kier molecular flexibility index (Phi) is 8.53. The van der Waals surface area contributed by atoms with E-state index >= 15 is 0 Å². The van der Waals surface area contributed by atoms with Crippen molar-refractivity contribution in [2.75, 3.05) is 7.11 Å². The van der Waals surface area contributed by atoms with Gasteiger partial charge in [-0.1, -0.05) is 55.5 Å². The Labute approximate surface area is 261 Å². The summed E-state index contributed by atoms with van der Waals surface area (Å²) in [6.07, 6.45) is 7.39. The van der Waals surface area contributed by atoms with Gasteiger partial charge < -0.3 is 28.8 Å². The third kappa shape index (κ3) is 5.44. The molecule has 1 saturated heterocycles. The van der Waals surface area contributed by atoms with E-state index in [9.17, 15) is 19.5 Å². The fourth-order valence-electron chi connectivity index (χ4n) is 7.99. The second kappa shape index (κ2) is 12.3. The van der Waals surface area contributed by atoms with Gasteiger partial charge in [0.15, 0.2) is 11.9 Å².